The molecule has 2 unspecified atom stereocenters. The van der Waals surface area contributed by atoms with Crippen LogP contribution in [0.5, 0.6) is 5.75 Å². The molecule has 3 aliphatic heterocycles. The van der Waals surface area contributed by atoms with E-state index in [0.717, 1.165) is 11.1 Å². The molecular formula is C32H35Cl2N5O5S. The van der Waals surface area contributed by atoms with Crippen molar-refractivity contribution in [1.29, 1.82) is 0 Å². The fourth-order valence-electron chi connectivity index (χ4n) is 6.07. The number of nitrogens with zero attached hydrogens (tertiary/aromatic N) is 2. The molecule has 238 valence electrons. The van der Waals surface area contributed by atoms with Crippen LogP contribution in [-0.2, 0) is 31.0 Å². The second-order valence-electron chi connectivity index (χ2n) is 11.1. The van der Waals surface area contributed by atoms with Gasteiger partial charge < -0.3 is 19.7 Å². The number of hydrogen-bond acceptors (Lipinski definition) is 7. The van der Waals surface area contributed by atoms with Gasteiger partial charge in [0.25, 0.3) is 5.91 Å². The van der Waals surface area contributed by atoms with Gasteiger partial charge in [-0.2, -0.15) is 0 Å². The SMILES string of the molecule is CCOc1cc(S(=O)N2CCOCC2)ccc1C1(C(=O)N2CCNC(=O)C2)N[C@H](c2ccc(Cl)cc2)[C@H](c2ccc(Cl)cc2)N1. The van der Waals surface area contributed by atoms with E-state index in [0.29, 0.717) is 72.3 Å². The number of halogens is 2. The van der Waals surface area contributed by atoms with Crippen LogP contribution in [0.4, 0.5) is 0 Å². The van der Waals surface area contributed by atoms with Crippen molar-refractivity contribution in [2.45, 2.75) is 29.6 Å². The monoisotopic (exact) mass is 671 g/mol. The molecule has 3 saturated heterocycles. The molecule has 3 heterocycles. The van der Waals surface area contributed by atoms with Gasteiger partial charge in [0.15, 0.2) is 5.66 Å². The summed E-state index contributed by atoms with van der Waals surface area (Å²) in [4.78, 5) is 29.4. The number of nitrogens with one attached hydrogen (secondary N) is 3. The summed E-state index contributed by atoms with van der Waals surface area (Å²) in [6.07, 6.45) is 0. The van der Waals surface area contributed by atoms with Crippen molar-refractivity contribution < 1.29 is 23.3 Å². The van der Waals surface area contributed by atoms with E-state index in [1.807, 2.05) is 59.8 Å². The Balaban J connectivity index is 1.49. The molecule has 0 aliphatic carbocycles. The van der Waals surface area contributed by atoms with Crippen LogP contribution in [0.15, 0.2) is 71.6 Å². The van der Waals surface area contributed by atoms with E-state index in [1.165, 1.54) is 0 Å². The lowest BCUT2D eigenvalue weighted by Gasteiger charge is -2.38. The van der Waals surface area contributed by atoms with E-state index in [2.05, 4.69) is 16.0 Å². The van der Waals surface area contributed by atoms with Gasteiger partial charge in [0, 0.05) is 41.8 Å². The second kappa shape index (κ2) is 13.8. The smallest absolute Gasteiger partial charge is 0.263 e. The molecule has 3 aromatic carbocycles. The first-order chi connectivity index (χ1) is 21.8. The van der Waals surface area contributed by atoms with Gasteiger partial charge in [-0.1, -0.05) is 53.5 Å². The van der Waals surface area contributed by atoms with Crippen LogP contribution in [0, 0.1) is 0 Å². The first-order valence-corrected chi connectivity index (χ1v) is 16.8. The van der Waals surface area contributed by atoms with Crippen LogP contribution in [0.3, 0.4) is 0 Å². The second-order valence-corrected chi connectivity index (χ2v) is 13.4. The maximum Gasteiger partial charge on any atom is 0.263 e. The minimum atomic E-state index is -1.52. The van der Waals surface area contributed by atoms with Crippen LogP contribution in [-0.4, -0.2) is 77.8 Å². The Bertz CT molecular complexity index is 1520. The highest BCUT2D eigenvalue weighted by Gasteiger charge is 2.54. The lowest BCUT2D eigenvalue weighted by molar-refractivity contribution is -0.144. The van der Waals surface area contributed by atoms with Crippen LogP contribution in [0.25, 0.3) is 0 Å². The number of piperazine rings is 1. The quantitative estimate of drug-likeness (QED) is 0.336. The van der Waals surface area contributed by atoms with E-state index in [1.54, 1.807) is 23.1 Å². The average molecular weight is 673 g/mol. The van der Waals surface area contributed by atoms with Crippen molar-refractivity contribution in [2.75, 3.05) is 52.5 Å². The minimum Gasteiger partial charge on any atom is -0.493 e. The zero-order valence-corrected chi connectivity index (χ0v) is 27.1. The van der Waals surface area contributed by atoms with Gasteiger partial charge >= 0.3 is 0 Å². The third kappa shape index (κ3) is 6.62. The van der Waals surface area contributed by atoms with E-state index in [4.69, 9.17) is 32.7 Å². The fraction of sp³-hybridized carbons (Fsp3) is 0.375. The summed E-state index contributed by atoms with van der Waals surface area (Å²) in [7, 11) is -1.45. The first kappa shape index (κ1) is 31.9. The van der Waals surface area contributed by atoms with E-state index < -0.39 is 28.7 Å². The molecule has 2 amide bonds. The molecule has 0 bridgehead atoms. The zero-order valence-electron chi connectivity index (χ0n) is 24.8. The minimum absolute atomic E-state index is 0.0791. The summed E-state index contributed by atoms with van der Waals surface area (Å²) < 4.78 is 27.1. The fourth-order valence-corrected chi connectivity index (χ4v) is 7.49. The molecule has 0 radical (unpaired) electrons. The summed E-state index contributed by atoms with van der Waals surface area (Å²) in [6, 6.07) is 19.5. The Hall–Kier alpha value is -3.03. The standard InChI is InChI=1S/C32H35Cl2N5O5S/c1-2-44-27-19-25(45(42)39-15-17-43-18-16-39)11-12-26(27)32(31(41)38-14-13-35-28(40)20-38)36-29(21-3-7-23(33)8-4-21)30(37-32)22-5-9-24(34)10-6-22/h3-12,19,29-30,36-37H,2,13-18,20H2,1H3,(H,35,40)/t29-,30+,32?,45?. The number of carbonyl (C=O) groups excluding carboxylic acids is 2. The molecule has 45 heavy (non-hydrogen) atoms. The molecule has 0 saturated carbocycles. The largest absolute Gasteiger partial charge is 0.493 e. The molecular weight excluding hydrogens is 637 g/mol. The van der Waals surface area contributed by atoms with Crippen molar-refractivity contribution in [3.05, 3.63) is 93.5 Å². The van der Waals surface area contributed by atoms with E-state index in [-0.39, 0.29) is 18.4 Å². The lowest BCUT2D eigenvalue weighted by atomic mass is 9.95. The predicted octanol–water partition coefficient (Wildman–Crippen LogP) is 3.53. The molecule has 0 spiro atoms. The van der Waals surface area contributed by atoms with Crippen molar-refractivity contribution >= 4 is 46.0 Å². The van der Waals surface area contributed by atoms with Gasteiger partial charge in [-0.25, -0.2) is 8.51 Å². The molecule has 13 heteroatoms. The lowest BCUT2D eigenvalue weighted by Crippen LogP contribution is -2.62. The Labute approximate surface area is 274 Å². The van der Waals surface area contributed by atoms with Gasteiger partial charge in [-0.3, -0.25) is 20.2 Å². The Kier molecular flexibility index (Phi) is 9.76. The van der Waals surface area contributed by atoms with Crippen LogP contribution in [0.1, 0.15) is 35.7 Å². The van der Waals surface area contributed by atoms with Crippen LogP contribution < -0.4 is 20.7 Å². The molecule has 0 aromatic heterocycles. The Morgan fingerprint density at radius 1 is 0.956 bits per heavy atom. The third-order valence-electron chi connectivity index (χ3n) is 8.25. The summed E-state index contributed by atoms with van der Waals surface area (Å²) in [5.74, 6) is -0.138. The molecule has 6 rings (SSSR count). The van der Waals surface area contributed by atoms with Gasteiger partial charge in [-0.05, 0) is 54.4 Å². The topological polar surface area (TPSA) is 112 Å². The summed E-state index contributed by atoms with van der Waals surface area (Å²) >= 11 is 12.5. The van der Waals surface area contributed by atoms with Crippen molar-refractivity contribution in [3.8, 4) is 5.75 Å². The number of amides is 2. The molecule has 4 atom stereocenters. The average Bonchev–Trinajstić information content (AvgIpc) is 3.47. The van der Waals surface area contributed by atoms with Gasteiger partial charge in [0.05, 0.1) is 43.3 Å². The van der Waals surface area contributed by atoms with Crippen molar-refractivity contribution in [3.63, 3.8) is 0 Å². The van der Waals surface area contributed by atoms with Crippen molar-refractivity contribution in [2.24, 2.45) is 0 Å². The van der Waals surface area contributed by atoms with E-state index in [9.17, 15) is 13.8 Å². The zero-order chi connectivity index (χ0) is 31.6. The van der Waals surface area contributed by atoms with Gasteiger partial charge in [0.1, 0.15) is 16.7 Å². The molecule has 3 aromatic rings. The summed E-state index contributed by atoms with van der Waals surface area (Å²) in [6.45, 7) is 4.90. The van der Waals surface area contributed by atoms with Crippen molar-refractivity contribution in [1.82, 2.24) is 25.2 Å². The molecule has 3 aliphatic rings. The third-order valence-corrected chi connectivity index (χ3v) is 10.2. The van der Waals surface area contributed by atoms with Crippen LogP contribution >= 0.6 is 23.2 Å². The maximum absolute atomic E-state index is 14.8. The highest BCUT2D eigenvalue weighted by atomic mass is 35.5. The molecule has 3 N–H and O–H groups in total. The number of carbonyl (C=O) groups is 2. The predicted molar refractivity (Wildman–Crippen MR) is 172 cm³/mol. The number of benzene rings is 3. The number of rotatable bonds is 8. The summed E-state index contributed by atoms with van der Waals surface area (Å²) in [5, 5.41) is 11.3. The van der Waals surface area contributed by atoms with E-state index >= 15 is 0 Å². The maximum atomic E-state index is 14.8. The highest BCUT2D eigenvalue weighted by molar-refractivity contribution is 7.82. The summed E-state index contributed by atoms with van der Waals surface area (Å²) in [5.41, 5.74) is 0.815. The first-order valence-electron chi connectivity index (χ1n) is 14.9. The Morgan fingerprint density at radius 3 is 2.11 bits per heavy atom. The normalized spacial score (nSPS) is 24.7. The van der Waals surface area contributed by atoms with Gasteiger partial charge in [0.2, 0.25) is 5.91 Å². The Morgan fingerprint density at radius 2 is 1.56 bits per heavy atom. The molecule has 3 fully saturated rings. The van der Waals surface area contributed by atoms with Gasteiger partial charge in [-0.15, -0.1) is 0 Å². The number of ether oxygens (including phenoxy) is 2. The number of morpholine rings is 1. The number of hydrogen-bond donors (Lipinski definition) is 3. The highest BCUT2D eigenvalue weighted by Crippen LogP contribution is 2.45. The molecule has 10 nitrogen and oxygen atoms in total. The van der Waals surface area contributed by atoms with Crippen LogP contribution in [0.2, 0.25) is 10.0 Å².